The second-order valence-corrected chi connectivity index (χ2v) is 6.12. The molecule has 25 heavy (non-hydrogen) atoms. The predicted molar refractivity (Wildman–Crippen MR) is 101 cm³/mol. The van der Waals surface area contributed by atoms with Crippen LogP contribution in [0.5, 0.6) is 0 Å². The lowest BCUT2D eigenvalue weighted by molar-refractivity contribution is 0.0773. The molecule has 1 saturated heterocycles. The van der Waals surface area contributed by atoms with Gasteiger partial charge in [-0.15, -0.1) is 0 Å². The fourth-order valence-corrected chi connectivity index (χ4v) is 2.88. The zero-order valence-electron chi connectivity index (χ0n) is 15.5. The molecule has 2 rings (SSSR count). The monoisotopic (exact) mass is 346 g/mol. The number of hydrogen-bond donors (Lipinski definition) is 2. The second kappa shape index (κ2) is 10.0. The molecule has 1 unspecified atom stereocenters. The minimum absolute atomic E-state index is 0.0820. The Morgan fingerprint density at radius 1 is 1.24 bits per heavy atom. The Labute approximate surface area is 150 Å². The molecular weight excluding hydrogens is 316 g/mol. The maximum Gasteiger partial charge on any atom is 0.253 e. The highest BCUT2D eigenvalue weighted by molar-refractivity contribution is 5.94. The second-order valence-electron chi connectivity index (χ2n) is 6.12. The Morgan fingerprint density at radius 2 is 1.96 bits per heavy atom. The smallest absolute Gasteiger partial charge is 0.253 e. The van der Waals surface area contributed by atoms with E-state index < -0.39 is 0 Å². The van der Waals surface area contributed by atoms with Crippen molar-refractivity contribution in [1.29, 1.82) is 0 Å². The summed E-state index contributed by atoms with van der Waals surface area (Å²) in [4.78, 5) is 18.4. The quantitative estimate of drug-likeness (QED) is 0.585. The number of nitrogens with one attached hydrogen (secondary N) is 2. The number of nitrogens with zero attached hydrogens (tertiary/aromatic N) is 2. The fraction of sp³-hybridized carbons (Fsp3) is 0.579. The Balaban J connectivity index is 1.82. The number of guanidine groups is 1. The molecule has 1 heterocycles. The van der Waals surface area contributed by atoms with Gasteiger partial charge >= 0.3 is 0 Å². The summed E-state index contributed by atoms with van der Waals surface area (Å²) in [6.45, 7) is 7.74. The molecule has 2 N–H and O–H groups in total. The third-order valence-corrected chi connectivity index (χ3v) is 4.46. The molecule has 0 aliphatic carbocycles. The molecule has 6 heteroatoms. The molecule has 6 nitrogen and oxygen atoms in total. The number of hydrogen-bond acceptors (Lipinski definition) is 3. The van der Waals surface area contributed by atoms with Gasteiger partial charge in [-0.05, 0) is 44.4 Å². The number of aliphatic imine (C=N–C) groups is 1. The number of ether oxygens (including phenoxy) is 1. The highest BCUT2D eigenvalue weighted by Crippen LogP contribution is 2.10. The molecule has 1 fully saturated rings. The lowest BCUT2D eigenvalue weighted by atomic mass is 10.1. The van der Waals surface area contributed by atoms with Gasteiger partial charge in [-0.25, -0.2) is 0 Å². The van der Waals surface area contributed by atoms with Crippen LogP contribution in [0, 0.1) is 0 Å². The first-order chi connectivity index (χ1) is 12.2. The third kappa shape index (κ3) is 5.74. The van der Waals surface area contributed by atoms with Crippen LogP contribution in [-0.2, 0) is 11.3 Å². The van der Waals surface area contributed by atoms with Crippen molar-refractivity contribution in [3.63, 3.8) is 0 Å². The predicted octanol–water partition coefficient (Wildman–Crippen LogP) is 2.01. The van der Waals surface area contributed by atoms with Crippen LogP contribution in [0.2, 0.25) is 0 Å². The summed E-state index contributed by atoms with van der Waals surface area (Å²) in [7, 11) is 1.76. The van der Waals surface area contributed by atoms with E-state index in [1.807, 2.05) is 43.0 Å². The minimum atomic E-state index is 0.0820. The summed E-state index contributed by atoms with van der Waals surface area (Å²) in [5, 5.41) is 6.59. The van der Waals surface area contributed by atoms with Crippen molar-refractivity contribution in [2.75, 3.05) is 33.3 Å². The molecule has 0 saturated carbocycles. The van der Waals surface area contributed by atoms with Gasteiger partial charge in [-0.2, -0.15) is 0 Å². The maximum absolute atomic E-state index is 12.3. The lowest BCUT2D eigenvalue weighted by Crippen LogP contribution is -2.40. The molecule has 1 aromatic carbocycles. The van der Waals surface area contributed by atoms with E-state index in [1.54, 1.807) is 7.05 Å². The van der Waals surface area contributed by atoms with Crippen LogP contribution in [0.4, 0.5) is 0 Å². The molecular formula is C19H30N4O2. The molecule has 0 bridgehead atoms. The molecule has 1 atom stereocenters. The standard InChI is InChI=1S/C19H30N4O2/c1-4-23(5-2)18(24)16-10-8-15(9-11-16)13-21-19(20-3)22-14-17-7-6-12-25-17/h8-11,17H,4-7,12-14H2,1-3H3,(H2,20,21,22). The highest BCUT2D eigenvalue weighted by atomic mass is 16.5. The van der Waals surface area contributed by atoms with E-state index in [0.29, 0.717) is 6.54 Å². The number of amides is 1. The molecule has 138 valence electrons. The zero-order valence-corrected chi connectivity index (χ0v) is 15.5. The number of rotatable bonds is 7. The molecule has 0 aromatic heterocycles. The van der Waals surface area contributed by atoms with Crippen molar-refractivity contribution in [3.05, 3.63) is 35.4 Å². The van der Waals surface area contributed by atoms with Gasteiger partial charge in [0.05, 0.1) is 6.10 Å². The average molecular weight is 346 g/mol. The Morgan fingerprint density at radius 3 is 2.52 bits per heavy atom. The molecule has 0 radical (unpaired) electrons. The van der Waals surface area contributed by atoms with Crippen LogP contribution in [0.3, 0.4) is 0 Å². The van der Waals surface area contributed by atoms with E-state index in [1.165, 1.54) is 0 Å². The average Bonchev–Trinajstić information content (AvgIpc) is 3.17. The van der Waals surface area contributed by atoms with Crippen molar-refractivity contribution >= 4 is 11.9 Å². The van der Waals surface area contributed by atoms with E-state index >= 15 is 0 Å². The number of benzene rings is 1. The van der Waals surface area contributed by atoms with Crippen molar-refractivity contribution < 1.29 is 9.53 Å². The van der Waals surface area contributed by atoms with E-state index in [-0.39, 0.29) is 12.0 Å². The highest BCUT2D eigenvalue weighted by Gasteiger charge is 2.15. The summed E-state index contributed by atoms with van der Waals surface area (Å²) in [6, 6.07) is 7.74. The van der Waals surface area contributed by atoms with Gasteiger partial charge in [0.1, 0.15) is 0 Å². The lowest BCUT2D eigenvalue weighted by Gasteiger charge is -2.19. The molecule has 1 amide bonds. The van der Waals surface area contributed by atoms with Crippen LogP contribution in [0.25, 0.3) is 0 Å². The minimum Gasteiger partial charge on any atom is -0.376 e. The maximum atomic E-state index is 12.3. The summed E-state index contributed by atoms with van der Waals surface area (Å²) in [5.74, 6) is 0.845. The van der Waals surface area contributed by atoms with E-state index in [4.69, 9.17) is 4.74 Å². The topological polar surface area (TPSA) is 66.0 Å². The third-order valence-electron chi connectivity index (χ3n) is 4.46. The van der Waals surface area contributed by atoms with E-state index in [9.17, 15) is 4.79 Å². The van der Waals surface area contributed by atoms with Crippen molar-refractivity contribution in [3.8, 4) is 0 Å². The fourth-order valence-electron chi connectivity index (χ4n) is 2.88. The van der Waals surface area contributed by atoms with E-state index in [0.717, 1.165) is 56.2 Å². The van der Waals surface area contributed by atoms with Crippen LogP contribution in [0.1, 0.15) is 42.6 Å². The van der Waals surface area contributed by atoms with Crippen molar-refractivity contribution in [2.24, 2.45) is 4.99 Å². The Hall–Kier alpha value is -2.08. The summed E-state index contributed by atoms with van der Waals surface area (Å²) in [5.41, 5.74) is 1.84. The largest absolute Gasteiger partial charge is 0.376 e. The summed E-state index contributed by atoms with van der Waals surface area (Å²) >= 11 is 0. The van der Waals surface area contributed by atoms with Gasteiger partial charge in [-0.3, -0.25) is 9.79 Å². The van der Waals surface area contributed by atoms with Gasteiger partial charge in [0.25, 0.3) is 5.91 Å². The number of carbonyl (C=O) groups excluding carboxylic acids is 1. The molecule has 1 aromatic rings. The zero-order chi connectivity index (χ0) is 18.1. The normalized spacial score (nSPS) is 17.4. The van der Waals surface area contributed by atoms with Gasteiger partial charge in [0, 0.05) is 45.4 Å². The molecule has 0 spiro atoms. The Bertz CT molecular complexity index is 561. The van der Waals surface area contributed by atoms with Crippen LogP contribution >= 0.6 is 0 Å². The SMILES string of the molecule is CCN(CC)C(=O)c1ccc(CNC(=NC)NCC2CCCO2)cc1. The van der Waals surface area contributed by atoms with Crippen molar-refractivity contribution in [1.82, 2.24) is 15.5 Å². The van der Waals surface area contributed by atoms with Gasteiger partial charge in [-0.1, -0.05) is 12.1 Å². The van der Waals surface area contributed by atoms with Gasteiger partial charge in [0.2, 0.25) is 0 Å². The van der Waals surface area contributed by atoms with Crippen LogP contribution in [-0.4, -0.2) is 56.2 Å². The first kappa shape index (κ1) is 19.2. The molecule has 1 aliphatic rings. The summed E-state index contributed by atoms with van der Waals surface area (Å²) in [6.07, 6.45) is 2.52. The molecule has 1 aliphatic heterocycles. The van der Waals surface area contributed by atoms with E-state index in [2.05, 4.69) is 15.6 Å². The van der Waals surface area contributed by atoms with Gasteiger partial charge < -0.3 is 20.3 Å². The van der Waals surface area contributed by atoms with Crippen LogP contribution < -0.4 is 10.6 Å². The Kier molecular flexibility index (Phi) is 7.73. The van der Waals surface area contributed by atoms with Gasteiger partial charge in [0.15, 0.2) is 5.96 Å². The number of carbonyl (C=O) groups is 1. The first-order valence-corrected chi connectivity index (χ1v) is 9.12. The van der Waals surface area contributed by atoms with Crippen LogP contribution in [0.15, 0.2) is 29.3 Å². The van der Waals surface area contributed by atoms with Crippen molar-refractivity contribution in [2.45, 2.75) is 39.3 Å². The summed E-state index contributed by atoms with van der Waals surface area (Å²) < 4.78 is 5.60. The first-order valence-electron chi connectivity index (χ1n) is 9.12.